The molecule has 0 spiro atoms. The molecule has 176 valence electrons. The highest BCUT2D eigenvalue weighted by atomic mass is 35.5. The molecule has 0 unspecified atom stereocenters. The number of hydrogen-bond acceptors (Lipinski definition) is 5. The molecule has 1 N–H and O–H groups in total. The maximum Gasteiger partial charge on any atom is 0.417 e. The van der Waals surface area contributed by atoms with Crippen LogP contribution in [0.4, 0.5) is 24.5 Å². The van der Waals surface area contributed by atoms with E-state index in [2.05, 4.69) is 10.3 Å². The molecule has 1 aliphatic heterocycles. The Bertz CT molecular complexity index is 1060. The van der Waals surface area contributed by atoms with Gasteiger partial charge < -0.3 is 10.1 Å². The fourth-order valence-corrected chi connectivity index (χ4v) is 4.17. The van der Waals surface area contributed by atoms with Gasteiger partial charge in [-0.1, -0.05) is 30.3 Å². The van der Waals surface area contributed by atoms with E-state index in [1.807, 2.05) is 6.92 Å². The van der Waals surface area contributed by atoms with Crippen LogP contribution < -0.4 is 10.1 Å². The number of nitrogens with zero attached hydrogens (tertiary/aromatic N) is 2. The third-order valence-corrected chi connectivity index (χ3v) is 6.21. The van der Waals surface area contributed by atoms with Crippen molar-refractivity contribution in [3.63, 3.8) is 0 Å². The average molecular weight is 500 g/mol. The largest absolute Gasteiger partial charge is 0.494 e. The molecule has 2 aromatic rings. The summed E-state index contributed by atoms with van der Waals surface area (Å²) in [5.41, 5.74) is -0.527. The van der Waals surface area contributed by atoms with Crippen LogP contribution in [-0.4, -0.2) is 40.8 Å². The first kappa shape index (κ1) is 24.9. The molecule has 3 rings (SSSR count). The normalized spacial score (nSPS) is 17.9. The summed E-state index contributed by atoms with van der Waals surface area (Å²) >= 11 is 6.65. The maximum absolute atomic E-state index is 13.1. The quantitative estimate of drug-likeness (QED) is 0.550. The number of carbonyl (C=O) groups is 2. The Morgan fingerprint density at radius 3 is 2.61 bits per heavy atom. The Kier molecular flexibility index (Phi) is 7.91. The molecule has 6 nitrogen and oxygen atoms in total. The monoisotopic (exact) mass is 499 g/mol. The zero-order valence-corrected chi connectivity index (χ0v) is 19.4. The van der Waals surface area contributed by atoms with Crippen molar-refractivity contribution >= 4 is 51.7 Å². The van der Waals surface area contributed by atoms with E-state index < -0.39 is 27.9 Å². The zero-order valence-electron chi connectivity index (χ0n) is 17.8. The predicted molar refractivity (Wildman–Crippen MR) is 123 cm³/mol. The van der Waals surface area contributed by atoms with E-state index in [0.29, 0.717) is 18.0 Å². The highest BCUT2D eigenvalue weighted by molar-refractivity contribution is 8.15. The number of ether oxygens (including phenoxy) is 1. The van der Waals surface area contributed by atoms with Crippen molar-refractivity contribution in [1.29, 1.82) is 0 Å². The third-order valence-electron chi connectivity index (χ3n) is 4.64. The molecule has 1 heterocycles. The summed E-state index contributed by atoms with van der Waals surface area (Å²) in [5, 5.41) is 1.62. The lowest BCUT2D eigenvalue weighted by atomic mass is 10.2. The van der Waals surface area contributed by atoms with Gasteiger partial charge in [0.15, 0.2) is 5.17 Å². The summed E-state index contributed by atoms with van der Waals surface area (Å²) in [6.45, 7) is 2.58. The second-order valence-corrected chi connectivity index (χ2v) is 8.76. The lowest BCUT2D eigenvalue weighted by molar-refractivity contribution is -0.137. The Morgan fingerprint density at radius 1 is 1.27 bits per heavy atom. The van der Waals surface area contributed by atoms with Crippen molar-refractivity contribution in [3.05, 3.63) is 53.1 Å². The summed E-state index contributed by atoms with van der Waals surface area (Å²) in [6.07, 6.45) is -3.84. The number of benzene rings is 2. The number of nitrogens with one attached hydrogen (secondary N) is 1. The van der Waals surface area contributed by atoms with Crippen molar-refractivity contribution in [1.82, 2.24) is 4.90 Å². The summed E-state index contributed by atoms with van der Waals surface area (Å²) in [4.78, 5) is 30.6. The smallest absolute Gasteiger partial charge is 0.417 e. The number of rotatable bonds is 6. The fraction of sp³-hybridized carbons (Fsp3) is 0.318. The molecule has 0 bridgehead atoms. The molecule has 1 atom stereocenters. The van der Waals surface area contributed by atoms with Gasteiger partial charge in [-0.15, -0.1) is 0 Å². The van der Waals surface area contributed by atoms with Gasteiger partial charge in [-0.2, -0.15) is 13.2 Å². The lowest BCUT2D eigenvalue weighted by Crippen LogP contribution is -2.43. The summed E-state index contributed by atoms with van der Waals surface area (Å²) in [7, 11) is 1.46. The van der Waals surface area contributed by atoms with E-state index in [9.17, 15) is 22.8 Å². The Hall–Kier alpha value is -2.72. The van der Waals surface area contributed by atoms with E-state index in [0.717, 1.165) is 30.3 Å². The van der Waals surface area contributed by atoms with Crippen LogP contribution >= 0.6 is 23.4 Å². The first-order chi connectivity index (χ1) is 15.6. The Morgan fingerprint density at radius 2 is 1.97 bits per heavy atom. The van der Waals surface area contributed by atoms with E-state index in [1.165, 1.54) is 18.0 Å². The van der Waals surface area contributed by atoms with E-state index in [1.54, 1.807) is 24.3 Å². The molecule has 1 aliphatic rings. The van der Waals surface area contributed by atoms with Crippen LogP contribution in [0.2, 0.25) is 5.02 Å². The van der Waals surface area contributed by atoms with Crippen LogP contribution in [0.25, 0.3) is 0 Å². The third kappa shape index (κ3) is 6.42. The van der Waals surface area contributed by atoms with Crippen LogP contribution in [0.3, 0.4) is 0 Å². The zero-order chi connectivity index (χ0) is 24.2. The van der Waals surface area contributed by atoms with Gasteiger partial charge in [0.2, 0.25) is 11.8 Å². The highest BCUT2D eigenvalue weighted by Crippen LogP contribution is 2.37. The summed E-state index contributed by atoms with van der Waals surface area (Å²) in [6, 6.07) is 10.0. The second kappa shape index (κ2) is 10.5. The molecule has 1 saturated heterocycles. The molecule has 2 aromatic carbocycles. The van der Waals surface area contributed by atoms with Gasteiger partial charge in [0.25, 0.3) is 0 Å². The van der Waals surface area contributed by atoms with Crippen LogP contribution in [-0.2, 0) is 15.8 Å². The van der Waals surface area contributed by atoms with Crippen LogP contribution in [0.1, 0.15) is 25.3 Å². The number of hydrogen-bond donors (Lipinski definition) is 1. The minimum absolute atomic E-state index is 0.0300. The SMILES string of the molecule is CCCOc1ccc(NC(=O)[C@@H]2CC(=O)N(C)C(=Nc3ccc(Cl)c(C(F)(F)F)c3)S2)cc1. The molecule has 11 heteroatoms. The molecule has 0 aromatic heterocycles. The first-order valence-electron chi connectivity index (χ1n) is 10.0. The number of thioether (sulfide) groups is 1. The molecular formula is C22H21ClF3N3O3S. The Balaban J connectivity index is 1.76. The first-order valence-corrected chi connectivity index (χ1v) is 11.3. The molecule has 2 amide bonds. The Labute approximate surface area is 198 Å². The topological polar surface area (TPSA) is 71.0 Å². The van der Waals surface area contributed by atoms with Crippen LogP contribution in [0.5, 0.6) is 5.75 Å². The van der Waals surface area contributed by atoms with Gasteiger partial charge >= 0.3 is 6.18 Å². The molecule has 0 saturated carbocycles. The van der Waals surface area contributed by atoms with Crippen molar-refractivity contribution in [2.75, 3.05) is 19.0 Å². The maximum atomic E-state index is 13.1. The minimum atomic E-state index is -4.64. The lowest BCUT2D eigenvalue weighted by Gasteiger charge is -2.28. The van der Waals surface area contributed by atoms with Crippen LogP contribution in [0.15, 0.2) is 47.5 Å². The average Bonchev–Trinajstić information content (AvgIpc) is 2.76. The van der Waals surface area contributed by atoms with Gasteiger partial charge in [0.1, 0.15) is 11.0 Å². The van der Waals surface area contributed by atoms with Crippen molar-refractivity contribution < 1.29 is 27.5 Å². The number of alkyl halides is 3. The number of halogens is 4. The minimum Gasteiger partial charge on any atom is -0.494 e. The van der Waals surface area contributed by atoms with Crippen molar-refractivity contribution in [3.8, 4) is 5.75 Å². The number of carbonyl (C=O) groups excluding carboxylic acids is 2. The highest BCUT2D eigenvalue weighted by Gasteiger charge is 2.35. The molecule has 1 fully saturated rings. The number of anilines is 1. The number of aliphatic imine (C=N–C) groups is 1. The van der Waals surface area contributed by atoms with Gasteiger partial charge in [-0.3, -0.25) is 14.5 Å². The molecule has 33 heavy (non-hydrogen) atoms. The molecule has 0 radical (unpaired) electrons. The summed E-state index contributed by atoms with van der Waals surface area (Å²) in [5.74, 6) is -0.112. The fourth-order valence-electron chi connectivity index (χ4n) is 2.89. The van der Waals surface area contributed by atoms with Crippen LogP contribution in [0, 0.1) is 0 Å². The van der Waals surface area contributed by atoms with Gasteiger partial charge in [0.05, 0.1) is 22.9 Å². The van der Waals surface area contributed by atoms with E-state index in [-0.39, 0.29) is 23.2 Å². The van der Waals surface area contributed by atoms with E-state index >= 15 is 0 Å². The van der Waals surface area contributed by atoms with Crippen molar-refractivity contribution in [2.45, 2.75) is 31.2 Å². The second-order valence-electron chi connectivity index (χ2n) is 7.18. The van der Waals surface area contributed by atoms with Gasteiger partial charge in [-0.05, 0) is 48.9 Å². The van der Waals surface area contributed by atoms with E-state index in [4.69, 9.17) is 16.3 Å². The van der Waals surface area contributed by atoms with Gasteiger partial charge in [0, 0.05) is 19.2 Å². The molecular weight excluding hydrogens is 479 g/mol. The van der Waals surface area contributed by atoms with Crippen molar-refractivity contribution in [2.24, 2.45) is 4.99 Å². The van der Waals surface area contributed by atoms with Gasteiger partial charge in [-0.25, -0.2) is 4.99 Å². The number of amides is 2. The molecule has 0 aliphatic carbocycles. The standard InChI is InChI=1S/C22H21ClF3N3O3S/c1-3-10-32-15-7-4-13(5-8-15)27-20(31)18-12-19(30)29(2)21(33-18)28-14-6-9-17(23)16(11-14)22(24,25)26/h4-9,11,18H,3,10,12H2,1-2H3,(H,27,31)/t18-/m0/s1. The predicted octanol–water partition coefficient (Wildman–Crippen LogP) is 5.74. The summed E-state index contributed by atoms with van der Waals surface area (Å²) < 4.78 is 44.9. The number of amidine groups is 1.